The van der Waals surface area contributed by atoms with Gasteiger partial charge in [-0.15, -0.1) is 0 Å². The van der Waals surface area contributed by atoms with E-state index in [1.165, 1.54) is 0 Å². The van der Waals surface area contributed by atoms with Gasteiger partial charge < -0.3 is 9.47 Å². The lowest BCUT2D eigenvalue weighted by atomic mass is 10.2. The standard InChI is InChI=1S/C19H15NO3/c21-19(17-11-6-7-13-20-17)22-14-15-8-4-5-12-18(15)23-16-9-2-1-3-10-16/h1-13H,14H2. The molecule has 3 aromatic rings. The molecule has 0 aliphatic carbocycles. The summed E-state index contributed by atoms with van der Waals surface area (Å²) in [5.41, 5.74) is 1.08. The van der Waals surface area contributed by atoms with Crippen LogP contribution in [0.1, 0.15) is 16.1 Å². The number of carbonyl (C=O) groups excluding carboxylic acids is 1. The summed E-state index contributed by atoms with van der Waals surface area (Å²) in [7, 11) is 0. The molecule has 1 aromatic heterocycles. The van der Waals surface area contributed by atoms with E-state index in [2.05, 4.69) is 4.98 Å². The molecule has 0 atom stereocenters. The number of carbonyl (C=O) groups is 1. The Bertz CT molecular complexity index is 773. The van der Waals surface area contributed by atoms with Gasteiger partial charge in [-0.1, -0.05) is 42.5 Å². The third kappa shape index (κ3) is 3.95. The monoisotopic (exact) mass is 305 g/mol. The zero-order valence-electron chi connectivity index (χ0n) is 12.4. The first kappa shape index (κ1) is 14.8. The molecule has 23 heavy (non-hydrogen) atoms. The molecule has 3 rings (SSSR count). The predicted molar refractivity (Wildman–Crippen MR) is 86.3 cm³/mol. The third-order valence-corrected chi connectivity index (χ3v) is 3.18. The smallest absolute Gasteiger partial charge is 0.357 e. The minimum absolute atomic E-state index is 0.123. The lowest BCUT2D eigenvalue weighted by Crippen LogP contribution is -2.07. The van der Waals surface area contributed by atoms with Crippen molar-refractivity contribution in [1.29, 1.82) is 0 Å². The fraction of sp³-hybridized carbons (Fsp3) is 0.0526. The van der Waals surface area contributed by atoms with Crippen molar-refractivity contribution in [1.82, 2.24) is 4.98 Å². The van der Waals surface area contributed by atoms with E-state index in [1.807, 2.05) is 54.6 Å². The molecule has 4 nitrogen and oxygen atoms in total. The molecular weight excluding hydrogens is 290 g/mol. The summed E-state index contributed by atoms with van der Waals surface area (Å²) in [4.78, 5) is 15.9. The van der Waals surface area contributed by atoms with Crippen LogP contribution >= 0.6 is 0 Å². The molecule has 0 fully saturated rings. The molecule has 0 aliphatic rings. The number of aromatic nitrogens is 1. The Hall–Kier alpha value is -3.14. The van der Waals surface area contributed by atoms with Gasteiger partial charge in [0.15, 0.2) is 0 Å². The minimum atomic E-state index is -0.458. The maximum Gasteiger partial charge on any atom is 0.357 e. The second-order valence-corrected chi connectivity index (χ2v) is 4.81. The topological polar surface area (TPSA) is 48.4 Å². The number of nitrogens with zero attached hydrogens (tertiary/aromatic N) is 1. The van der Waals surface area contributed by atoms with Crippen molar-refractivity contribution in [2.75, 3.05) is 0 Å². The fourth-order valence-corrected chi connectivity index (χ4v) is 2.04. The Morgan fingerprint density at radius 2 is 1.61 bits per heavy atom. The number of pyridine rings is 1. The van der Waals surface area contributed by atoms with Crippen molar-refractivity contribution < 1.29 is 14.3 Å². The molecule has 0 aliphatic heterocycles. The molecule has 4 heteroatoms. The second kappa shape index (κ2) is 7.22. The summed E-state index contributed by atoms with van der Waals surface area (Å²) in [6.45, 7) is 0.123. The van der Waals surface area contributed by atoms with Gasteiger partial charge in [-0.05, 0) is 30.3 Å². The van der Waals surface area contributed by atoms with Gasteiger partial charge in [-0.2, -0.15) is 0 Å². The molecule has 0 unspecified atom stereocenters. The van der Waals surface area contributed by atoms with Gasteiger partial charge in [-0.25, -0.2) is 9.78 Å². The summed E-state index contributed by atoms with van der Waals surface area (Å²) in [6.07, 6.45) is 1.56. The number of hydrogen-bond acceptors (Lipinski definition) is 4. The Morgan fingerprint density at radius 1 is 0.870 bits per heavy atom. The van der Waals surface area contributed by atoms with E-state index in [-0.39, 0.29) is 12.3 Å². The summed E-state index contributed by atoms with van der Waals surface area (Å²) in [6, 6.07) is 22.1. The van der Waals surface area contributed by atoms with E-state index in [0.29, 0.717) is 5.75 Å². The highest BCUT2D eigenvalue weighted by Crippen LogP contribution is 2.25. The predicted octanol–water partition coefficient (Wildman–Crippen LogP) is 4.23. The Labute approximate surface area is 134 Å². The molecular formula is C19H15NO3. The van der Waals surface area contributed by atoms with Crippen LogP contribution in [-0.4, -0.2) is 11.0 Å². The maximum absolute atomic E-state index is 12.0. The number of hydrogen-bond donors (Lipinski definition) is 0. The van der Waals surface area contributed by atoms with Gasteiger partial charge in [-0.3, -0.25) is 0 Å². The summed E-state index contributed by atoms with van der Waals surface area (Å²) in [5.74, 6) is 0.934. The lowest BCUT2D eigenvalue weighted by molar-refractivity contribution is 0.0464. The van der Waals surface area contributed by atoms with Gasteiger partial charge in [0.25, 0.3) is 0 Å². The molecule has 0 radical (unpaired) electrons. The molecule has 2 aromatic carbocycles. The van der Waals surface area contributed by atoms with Gasteiger partial charge in [0, 0.05) is 11.8 Å². The third-order valence-electron chi connectivity index (χ3n) is 3.18. The fourth-order valence-electron chi connectivity index (χ4n) is 2.04. The van der Waals surface area contributed by atoms with Crippen LogP contribution in [0.25, 0.3) is 0 Å². The molecule has 0 bridgehead atoms. The highest BCUT2D eigenvalue weighted by atomic mass is 16.5. The molecule has 0 saturated heterocycles. The first-order chi connectivity index (χ1) is 11.3. The number of esters is 1. The normalized spacial score (nSPS) is 10.1. The first-order valence-electron chi connectivity index (χ1n) is 7.22. The maximum atomic E-state index is 12.0. The Morgan fingerprint density at radius 3 is 2.39 bits per heavy atom. The zero-order valence-corrected chi connectivity index (χ0v) is 12.4. The van der Waals surface area contributed by atoms with Gasteiger partial charge >= 0.3 is 5.97 Å². The highest BCUT2D eigenvalue weighted by molar-refractivity contribution is 5.87. The number of ether oxygens (including phenoxy) is 2. The first-order valence-corrected chi connectivity index (χ1v) is 7.22. The van der Waals surface area contributed by atoms with Crippen molar-refractivity contribution in [3.8, 4) is 11.5 Å². The SMILES string of the molecule is O=C(OCc1ccccc1Oc1ccccc1)c1ccccn1. The van der Waals surface area contributed by atoms with E-state index >= 15 is 0 Å². The van der Waals surface area contributed by atoms with Crippen LogP contribution in [0.5, 0.6) is 11.5 Å². The van der Waals surface area contributed by atoms with E-state index in [4.69, 9.17) is 9.47 Å². The highest BCUT2D eigenvalue weighted by Gasteiger charge is 2.10. The molecule has 0 amide bonds. The number of para-hydroxylation sites is 2. The largest absolute Gasteiger partial charge is 0.457 e. The van der Waals surface area contributed by atoms with Crippen LogP contribution in [0.15, 0.2) is 79.0 Å². The number of rotatable bonds is 5. The quantitative estimate of drug-likeness (QED) is 0.662. The zero-order chi connectivity index (χ0) is 15.9. The van der Waals surface area contributed by atoms with Crippen LogP contribution in [0, 0.1) is 0 Å². The van der Waals surface area contributed by atoms with Crippen LogP contribution in [0.3, 0.4) is 0 Å². The summed E-state index contributed by atoms with van der Waals surface area (Å²) >= 11 is 0. The second-order valence-electron chi connectivity index (χ2n) is 4.81. The summed E-state index contributed by atoms with van der Waals surface area (Å²) < 4.78 is 11.2. The van der Waals surface area contributed by atoms with Crippen molar-refractivity contribution in [3.63, 3.8) is 0 Å². The van der Waals surface area contributed by atoms with E-state index in [9.17, 15) is 4.79 Å². The molecule has 0 saturated carbocycles. The van der Waals surface area contributed by atoms with Crippen LogP contribution in [0.4, 0.5) is 0 Å². The van der Waals surface area contributed by atoms with Crippen molar-refractivity contribution >= 4 is 5.97 Å². The van der Waals surface area contributed by atoms with Crippen LogP contribution in [0.2, 0.25) is 0 Å². The van der Waals surface area contributed by atoms with Crippen molar-refractivity contribution in [2.45, 2.75) is 6.61 Å². The average Bonchev–Trinajstić information content (AvgIpc) is 2.62. The van der Waals surface area contributed by atoms with Gasteiger partial charge in [0.1, 0.15) is 23.8 Å². The lowest BCUT2D eigenvalue weighted by Gasteiger charge is -2.11. The Balaban J connectivity index is 1.70. The number of benzene rings is 2. The molecule has 1 heterocycles. The average molecular weight is 305 g/mol. The summed E-state index contributed by atoms with van der Waals surface area (Å²) in [5, 5.41) is 0. The van der Waals surface area contributed by atoms with Crippen LogP contribution in [-0.2, 0) is 11.3 Å². The minimum Gasteiger partial charge on any atom is -0.457 e. The van der Waals surface area contributed by atoms with Crippen LogP contribution < -0.4 is 4.74 Å². The van der Waals surface area contributed by atoms with Crippen molar-refractivity contribution in [3.05, 3.63) is 90.3 Å². The molecule has 114 valence electrons. The van der Waals surface area contributed by atoms with Gasteiger partial charge in [0.05, 0.1) is 0 Å². The Kier molecular flexibility index (Phi) is 4.64. The van der Waals surface area contributed by atoms with Crippen molar-refractivity contribution in [2.24, 2.45) is 0 Å². The van der Waals surface area contributed by atoms with Gasteiger partial charge in [0.2, 0.25) is 0 Å². The van der Waals surface area contributed by atoms with E-state index < -0.39 is 5.97 Å². The van der Waals surface area contributed by atoms with E-state index in [0.717, 1.165) is 11.3 Å². The molecule has 0 N–H and O–H groups in total. The van der Waals surface area contributed by atoms with E-state index in [1.54, 1.807) is 24.4 Å². The molecule has 0 spiro atoms.